The summed E-state index contributed by atoms with van der Waals surface area (Å²) >= 11 is 0. The largest absolute Gasteiger partial charge is 4.00 e. The quantitative estimate of drug-likeness (QED) is 0.328. The van der Waals surface area contributed by atoms with Crippen molar-refractivity contribution in [3.8, 4) is 11.5 Å². The summed E-state index contributed by atoms with van der Waals surface area (Å²) in [6.45, 7) is 8.23. The van der Waals surface area contributed by atoms with E-state index in [-0.39, 0.29) is 32.4 Å². The van der Waals surface area contributed by atoms with Crippen molar-refractivity contribution < 1.29 is 30.2 Å². The van der Waals surface area contributed by atoms with Gasteiger partial charge >= 0.3 is 21.1 Å². The van der Waals surface area contributed by atoms with Crippen molar-refractivity contribution in [3.63, 3.8) is 0 Å². The third-order valence-corrected chi connectivity index (χ3v) is 6.07. The number of benzene rings is 3. The summed E-state index contributed by atoms with van der Waals surface area (Å²) in [5.41, 5.74) is 3.34. The summed E-state index contributed by atoms with van der Waals surface area (Å²) in [5.74, 6) is 0.374. The molecule has 176 valence electrons. The Kier molecular flexibility index (Phi) is 6.75. The molecule has 0 bridgehead atoms. The molecule has 5 rings (SSSR count). The van der Waals surface area contributed by atoms with Crippen LogP contribution in [-0.2, 0) is 26.6 Å². The van der Waals surface area contributed by atoms with Crippen LogP contribution in [0, 0.1) is 31.3 Å². The van der Waals surface area contributed by atoms with Crippen LogP contribution in [0.5, 0.6) is 11.5 Å². The Morgan fingerprint density at radius 2 is 1.65 bits per heavy atom. The first kappa shape index (κ1) is 24.3. The van der Waals surface area contributed by atoms with Gasteiger partial charge in [0.05, 0.1) is 0 Å². The summed E-state index contributed by atoms with van der Waals surface area (Å²) in [5, 5.41) is 0. The van der Waals surface area contributed by atoms with Crippen LogP contribution in [0.25, 0.3) is 0 Å². The molecule has 0 amide bonds. The molecule has 0 radical (unpaired) electrons. The van der Waals surface area contributed by atoms with Crippen LogP contribution in [0.1, 0.15) is 19.4 Å². The van der Waals surface area contributed by atoms with Crippen molar-refractivity contribution in [1.29, 1.82) is 0 Å². The van der Waals surface area contributed by atoms with Crippen LogP contribution in [0.15, 0.2) is 67.0 Å². The summed E-state index contributed by atoms with van der Waals surface area (Å²) in [6, 6.07) is 23.0. The Bertz CT molecular complexity index is 1210. The van der Waals surface area contributed by atoms with Crippen LogP contribution in [0.3, 0.4) is 0 Å². The van der Waals surface area contributed by atoms with Crippen LogP contribution in [-0.4, -0.2) is 23.9 Å². The maximum atomic E-state index is 14.7. The second-order valence-corrected chi connectivity index (χ2v) is 8.71. The first-order valence-corrected chi connectivity index (χ1v) is 10.7. The predicted molar refractivity (Wildman–Crippen MR) is 128 cm³/mol. The zero-order valence-corrected chi connectivity index (χ0v) is 21.7. The van der Waals surface area contributed by atoms with Gasteiger partial charge in [-0.25, -0.2) is 4.39 Å². The number of anilines is 3. The smallest absolute Gasteiger partial charge is 0.510 e. The number of fused-ring (bicyclic) bond motifs is 1. The Labute approximate surface area is 215 Å². The van der Waals surface area contributed by atoms with Gasteiger partial charge < -0.3 is 24.3 Å². The van der Waals surface area contributed by atoms with Gasteiger partial charge in [-0.2, -0.15) is 19.4 Å². The molecule has 0 unspecified atom stereocenters. The number of nitrogens with zero attached hydrogens (tertiary/aromatic N) is 4. The zero-order valence-electron chi connectivity index (χ0n) is 19.4. The number of rotatable bonds is 4. The Hall–Kier alpha value is -2.82. The molecule has 0 saturated carbocycles. The van der Waals surface area contributed by atoms with Gasteiger partial charge in [0.25, 0.3) is 0 Å². The maximum Gasteiger partial charge on any atom is 4.00 e. The van der Waals surface area contributed by atoms with Crippen molar-refractivity contribution in [2.24, 2.45) is 0 Å². The van der Waals surface area contributed by atoms with Gasteiger partial charge in [0.2, 0.25) is 0 Å². The van der Waals surface area contributed by atoms with E-state index in [1.54, 1.807) is 6.07 Å². The molecule has 3 aromatic carbocycles. The molecule has 34 heavy (non-hydrogen) atoms. The number of halogens is 1. The minimum Gasteiger partial charge on any atom is -0.510 e. The molecule has 2 heterocycles. The predicted octanol–water partition coefficient (Wildman–Crippen LogP) is 6.00. The van der Waals surface area contributed by atoms with E-state index in [1.165, 1.54) is 12.1 Å². The molecule has 0 atom stereocenters. The third-order valence-electron chi connectivity index (χ3n) is 6.07. The monoisotopic (exact) mass is 635 g/mol. The van der Waals surface area contributed by atoms with E-state index in [0.29, 0.717) is 11.4 Å². The van der Waals surface area contributed by atoms with Gasteiger partial charge in [-0.3, -0.25) is 0 Å². The SMILES string of the molecule is CN1C=CN(c2[c-]c(Oc3[c-]c(N4[CH-]N(C)C(C)(C)c5ccccc54)cc(F)c3)ccc2)[CH-]1.[Pt+4]. The zero-order chi connectivity index (χ0) is 23.2. The van der Waals surface area contributed by atoms with E-state index in [4.69, 9.17) is 4.74 Å². The molecule has 0 aromatic heterocycles. The van der Waals surface area contributed by atoms with Crippen molar-refractivity contribution in [2.75, 3.05) is 23.9 Å². The molecule has 2 aliphatic rings. The molecule has 5 nitrogen and oxygen atoms in total. The van der Waals surface area contributed by atoms with Crippen molar-refractivity contribution in [2.45, 2.75) is 19.4 Å². The van der Waals surface area contributed by atoms with Crippen LogP contribution >= 0.6 is 0 Å². The molecular weight excluding hydrogens is 610 g/mol. The summed E-state index contributed by atoms with van der Waals surface area (Å²) in [7, 11) is 3.97. The van der Waals surface area contributed by atoms with Gasteiger partial charge in [-0.05, 0) is 52.0 Å². The normalized spacial score (nSPS) is 16.9. The fourth-order valence-corrected chi connectivity index (χ4v) is 4.00. The van der Waals surface area contributed by atoms with Crippen LogP contribution in [0.2, 0.25) is 0 Å². The molecule has 0 aliphatic carbocycles. The third kappa shape index (κ3) is 4.57. The second kappa shape index (κ2) is 9.44. The Balaban J connectivity index is 0.00000274. The summed E-state index contributed by atoms with van der Waals surface area (Å²) in [6.07, 6.45) is 3.88. The minimum absolute atomic E-state index is 0. The molecule has 3 aromatic rings. The fourth-order valence-electron chi connectivity index (χ4n) is 4.00. The molecule has 0 spiro atoms. The van der Waals surface area contributed by atoms with Crippen molar-refractivity contribution in [3.05, 3.63) is 104 Å². The average molecular weight is 636 g/mol. The topological polar surface area (TPSA) is 22.2 Å². The van der Waals surface area contributed by atoms with E-state index in [9.17, 15) is 4.39 Å². The summed E-state index contributed by atoms with van der Waals surface area (Å²) < 4.78 is 20.7. The van der Waals surface area contributed by atoms with Crippen molar-refractivity contribution >= 4 is 17.1 Å². The number of ether oxygens (including phenoxy) is 1. The number of para-hydroxylation sites is 1. The molecule has 0 fully saturated rings. The van der Waals surface area contributed by atoms with Crippen LogP contribution in [0.4, 0.5) is 21.5 Å². The molecule has 0 N–H and O–H groups in total. The van der Waals surface area contributed by atoms with E-state index >= 15 is 0 Å². The van der Waals surface area contributed by atoms with E-state index in [0.717, 1.165) is 16.9 Å². The van der Waals surface area contributed by atoms with Gasteiger partial charge in [0.1, 0.15) is 0 Å². The van der Waals surface area contributed by atoms with Gasteiger partial charge in [0, 0.05) is 28.5 Å². The fraction of sp³-hybridized carbons (Fsp3) is 0.185. The second-order valence-electron chi connectivity index (χ2n) is 8.71. The van der Waals surface area contributed by atoms with E-state index in [2.05, 4.69) is 36.9 Å². The van der Waals surface area contributed by atoms with Gasteiger partial charge in [-0.15, -0.1) is 36.0 Å². The Morgan fingerprint density at radius 1 is 0.882 bits per heavy atom. The van der Waals surface area contributed by atoms with E-state index in [1.807, 2.05) is 84.9 Å². The van der Waals surface area contributed by atoms with Gasteiger partial charge in [-0.1, -0.05) is 30.0 Å². The Morgan fingerprint density at radius 3 is 2.41 bits per heavy atom. The molecule has 7 heteroatoms. The van der Waals surface area contributed by atoms with Gasteiger partial charge in [0.15, 0.2) is 0 Å². The minimum atomic E-state index is -0.397. The molecule has 2 aliphatic heterocycles. The van der Waals surface area contributed by atoms with E-state index < -0.39 is 5.82 Å². The standard InChI is InChI=1S/C27H25FN4O.Pt/c1-27(2)25-10-5-6-11-26(25)32(19-30(27)4)22-14-20(28)15-24(17-22)33-23-9-7-8-21(16-23)31-13-12-29(3)18-31;/h5-15,18-19H,1-4H3;/q-4;+4. The average Bonchev–Trinajstić information content (AvgIpc) is 3.23. The van der Waals surface area contributed by atoms with Crippen molar-refractivity contribution in [1.82, 2.24) is 9.80 Å². The molecular formula is C27H25FN4OPt. The maximum absolute atomic E-state index is 14.7. The molecule has 0 saturated heterocycles. The number of hydrogen-bond donors (Lipinski definition) is 0. The summed E-state index contributed by atoms with van der Waals surface area (Å²) in [4.78, 5) is 7.93. The first-order chi connectivity index (χ1) is 15.8. The first-order valence-electron chi connectivity index (χ1n) is 10.7. The number of hydrogen-bond acceptors (Lipinski definition) is 5. The van der Waals surface area contributed by atoms with Crippen LogP contribution < -0.4 is 14.5 Å².